The molecule has 1 atom stereocenters. The van der Waals surface area contributed by atoms with Gasteiger partial charge < -0.3 is 19.5 Å². The van der Waals surface area contributed by atoms with Gasteiger partial charge >= 0.3 is 24.7 Å². The van der Waals surface area contributed by atoms with Crippen molar-refractivity contribution >= 4 is 11.9 Å². The van der Waals surface area contributed by atoms with E-state index < -0.39 is 82.4 Å². The van der Waals surface area contributed by atoms with Crippen LogP contribution in [0.2, 0.25) is 0 Å². The molecule has 0 saturated heterocycles. The number of ether oxygens (including phenoxy) is 3. The third-order valence-corrected chi connectivity index (χ3v) is 7.48. The van der Waals surface area contributed by atoms with E-state index in [0.29, 0.717) is 35.9 Å². The maximum Gasteiger partial charge on any atom is 0.461 e. The first-order valence-corrected chi connectivity index (χ1v) is 14.8. The molecule has 0 unspecified atom stereocenters. The lowest BCUT2D eigenvalue weighted by molar-refractivity contribution is -0.253. The highest BCUT2D eigenvalue weighted by atomic mass is 19.4. The smallest absolute Gasteiger partial charge is 0.461 e. The number of methoxy groups -OCH3 is 1. The van der Waals surface area contributed by atoms with E-state index in [-0.39, 0.29) is 24.7 Å². The Hall–Kier alpha value is -5.28. The van der Waals surface area contributed by atoms with Crippen LogP contribution in [0.15, 0.2) is 84.9 Å². The Labute approximate surface area is 283 Å². The largest absolute Gasteiger partial charge is 0.494 e. The van der Waals surface area contributed by atoms with E-state index in [4.69, 9.17) is 4.74 Å². The molecule has 1 amide bonds. The molecule has 6 nitrogen and oxygen atoms in total. The Bertz CT molecular complexity index is 1830. The predicted molar refractivity (Wildman–Crippen MR) is 161 cm³/mol. The maximum atomic E-state index is 15.1. The van der Waals surface area contributed by atoms with Gasteiger partial charge in [-0.05, 0) is 77.7 Å². The van der Waals surface area contributed by atoms with E-state index in [0.717, 1.165) is 36.4 Å². The molecule has 0 fully saturated rings. The van der Waals surface area contributed by atoms with Gasteiger partial charge in [0, 0.05) is 24.5 Å². The number of benzene rings is 4. The Kier molecular flexibility index (Phi) is 11.9. The fourth-order valence-electron chi connectivity index (χ4n) is 5.03. The number of hydrogen-bond donors (Lipinski definition) is 1. The molecule has 0 bridgehead atoms. The fourth-order valence-corrected chi connectivity index (χ4v) is 5.03. The number of halogens is 10. The number of alkyl halides is 7. The van der Waals surface area contributed by atoms with Crippen LogP contribution in [0.3, 0.4) is 0 Å². The van der Waals surface area contributed by atoms with Crippen LogP contribution in [-0.2, 0) is 27.7 Å². The molecule has 272 valence electrons. The Morgan fingerprint density at radius 3 is 2.04 bits per heavy atom. The van der Waals surface area contributed by atoms with Crippen molar-refractivity contribution in [3.05, 3.63) is 130 Å². The van der Waals surface area contributed by atoms with Gasteiger partial charge in [-0.1, -0.05) is 24.3 Å². The molecule has 0 aromatic heterocycles. The van der Waals surface area contributed by atoms with E-state index >= 15 is 4.39 Å². The van der Waals surface area contributed by atoms with E-state index in [1.54, 1.807) is 0 Å². The van der Waals surface area contributed by atoms with Crippen LogP contribution in [0.4, 0.5) is 43.9 Å². The first-order valence-electron chi connectivity index (χ1n) is 14.8. The highest BCUT2D eigenvalue weighted by Crippen LogP contribution is 2.39. The Morgan fingerprint density at radius 2 is 1.43 bits per heavy atom. The van der Waals surface area contributed by atoms with Crippen molar-refractivity contribution in [3.63, 3.8) is 0 Å². The minimum Gasteiger partial charge on any atom is -0.494 e. The predicted octanol–water partition coefficient (Wildman–Crippen LogP) is 8.61. The molecule has 4 aromatic carbocycles. The molecule has 51 heavy (non-hydrogen) atoms. The molecule has 0 aliphatic heterocycles. The number of carbonyl (C=O) groups is 2. The van der Waals surface area contributed by atoms with Gasteiger partial charge in [-0.2, -0.15) is 30.7 Å². The average molecular weight is 732 g/mol. The summed E-state index contributed by atoms with van der Waals surface area (Å²) in [6.45, 7) is 0.108. The van der Waals surface area contributed by atoms with Crippen molar-refractivity contribution in [3.8, 4) is 11.5 Å². The Morgan fingerprint density at radius 1 is 0.765 bits per heavy atom. The van der Waals surface area contributed by atoms with Crippen LogP contribution in [0.25, 0.3) is 0 Å². The number of hydrogen-bond acceptors (Lipinski definition) is 5. The highest BCUT2D eigenvalue weighted by Gasteiger charge is 2.45. The molecule has 4 aromatic rings. The van der Waals surface area contributed by atoms with Crippen LogP contribution >= 0.6 is 0 Å². The van der Waals surface area contributed by atoms with Crippen molar-refractivity contribution in [1.29, 1.82) is 0 Å². The summed E-state index contributed by atoms with van der Waals surface area (Å²) in [5, 5.41) is 2.47. The molecule has 0 heterocycles. The zero-order chi connectivity index (χ0) is 37.6. The third-order valence-electron chi connectivity index (χ3n) is 7.48. The second kappa shape index (κ2) is 15.7. The lowest BCUT2D eigenvalue weighted by atomic mass is 9.77. The summed E-state index contributed by atoms with van der Waals surface area (Å²) in [5.74, 6) is -6.36. The van der Waals surface area contributed by atoms with Gasteiger partial charge in [-0.15, -0.1) is 0 Å². The van der Waals surface area contributed by atoms with Crippen LogP contribution in [-0.4, -0.2) is 38.1 Å². The van der Waals surface area contributed by atoms with Crippen LogP contribution in [0.1, 0.15) is 45.5 Å². The molecule has 0 aliphatic carbocycles. The summed E-state index contributed by atoms with van der Waals surface area (Å²) in [6, 6.07) is 13.0. The summed E-state index contributed by atoms with van der Waals surface area (Å²) in [6.07, 6.45) is -14.7. The minimum atomic E-state index is -5.22. The van der Waals surface area contributed by atoms with Crippen molar-refractivity contribution in [2.75, 3.05) is 13.7 Å². The zero-order valence-corrected chi connectivity index (χ0v) is 26.3. The summed E-state index contributed by atoms with van der Waals surface area (Å²) < 4.78 is 152. The Balaban J connectivity index is 1.86. The number of carbonyl (C=O) groups excluding carboxylic acids is 2. The quantitative estimate of drug-likeness (QED) is 0.0800. The topological polar surface area (TPSA) is 73.9 Å². The highest BCUT2D eigenvalue weighted by molar-refractivity contribution is 5.95. The van der Waals surface area contributed by atoms with Gasteiger partial charge in [0.1, 0.15) is 29.0 Å². The van der Waals surface area contributed by atoms with Gasteiger partial charge in [-0.25, -0.2) is 13.2 Å². The van der Waals surface area contributed by atoms with Gasteiger partial charge in [0.05, 0.1) is 24.8 Å². The van der Waals surface area contributed by atoms with E-state index in [1.807, 2.05) is 0 Å². The van der Waals surface area contributed by atoms with Gasteiger partial charge in [0.25, 0.3) is 5.91 Å². The summed E-state index contributed by atoms with van der Waals surface area (Å²) >= 11 is 0. The maximum absolute atomic E-state index is 15.1. The molecule has 1 N–H and O–H groups in total. The summed E-state index contributed by atoms with van der Waals surface area (Å²) in [4.78, 5) is 25.1. The molecule has 0 aliphatic rings. The molecular formula is C35H27F10NO5. The van der Waals surface area contributed by atoms with Gasteiger partial charge in [0.15, 0.2) is 0 Å². The van der Waals surface area contributed by atoms with Crippen molar-refractivity contribution in [2.45, 2.75) is 43.5 Å². The third kappa shape index (κ3) is 9.70. The van der Waals surface area contributed by atoms with Gasteiger partial charge in [0.2, 0.25) is 0 Å². The summed E-state index contributed by atoms with van der Waals surface area (Å²) in [5.41, 5.74) is -4.93. The number of nitrogens with one attached hydrogen (secondary N) is 1. The second-order valence-electron chi connectivity index (χ2n) is 11.0. The molecule has 4 rings (SSSR count). The SMILES string of the molecule is COC(=O)CCCOc1ccc(C[C@](NC(=O)c2ccc(F)c(C(F)(F)F)c2)(c2ccc(F)cc2)c2cc(F)cc(OC(F)(F)C(F)F)c2)cc1. The van der Waals surface area contributed by atoms with Crippen LogP contribution in [0, 0.1) is 17.5 Å². The normalized spacial score (nSPS) is 13.0. The molecule has 0 radical (unpaired) electrons. The zero-order valence-electron chi connectivity index (χ0n) is 26.3. The lowest BCUT2D eigenvalue weighted by Gasteiger charge is -2.37. The lowest BCUT2D eigenvalue weighted by Crippen LogP contribution is -2.49. The van der Waals surface area contributed by atoms with E-state index in [2.05, 4.69) is 14.8 Å². The van der Waals surface area contributed by atoms with Crippen molar-refractivity contribution in [2.24, 2.45) is 0 Å². The summed E-state index contributed by atoms with van der Waals surface area (Å²) in [7, 11) is 1.23. The van der Waals surface area contributed by atoms with Crippen molar-refractivity contribution < 1.29 is 67.7 Å². The van der Waals surface area contributed by atoms with Gasteiger partial charge in [-0.3, -0.25) is 9.59 Å². The molecule has 0 spiro atoms. The minimum absolute atomic E-state index is 0.0734. The fraction of sp³-hybridized carbons (Fsp3) is 0.257. The average Bonchev–Trinajstić information content (AvgIpc) is 3.06. The first kappa shape index (κ1) is 38.5. The van der Waals surface area contributed by atoms with E-state index in [9.17, 15) is 49.1 Å². The number of rotatable bonds is 14. The number of esters is 1. The van der Waals surface area contributed by atoms with Crippen LogP contribution in [0.5, 0.6) is 11.5 Å². The van der Waals surface area contributed by atoms with E-state index in [1.165, 1.54) is 31.4 Å². The molecule has 16 heteroatoms. The molecule has 0 saturated carbocycles. The standard InChI is InChI=1S/C35H27F10NO5/c1-49-30(47)3-2-14-50-26-11-4-20(5-12-26)19-33(22-7-9-24(36)10-8-22,23-16-25(37)18-27(17-23)51-35(44,45)32(39)40)46-31(48)21-6-13-29(38)28(15-21)34(41,42)43/h4-13,15-18,32H,2-3,14,19H2,1H3,(H,46,48)/t33-/m0/s1. The molecular weight excluding hydrogens is 704 g/mol. The van der Waals surface area contributed by atoms with Crippen LogP contribution < -0.4 is 14.8 Å². The monoisotopic (exact) mass is 731 g/mol. The first-order chi connectivity index (χ1) is 23.9. The second-order valence-corrected chi connectivity index (χ2v) is 11.0. The van der Waals surface area contributed by atoms with Crippen molar-refractivity contribution in [1.82, 2.24) is 5.32 Å². The number of amides is 1.